The van der Waals surface area contributed by atoms with E-state index in [4.69, 9.17) is 0 Å². The van der Waals surface area contributed by atoms with Gasteiger partial charge in [0, 0.05) is 8.95 Å². The van der Waals surface area contributed by atoms with Gasteiger partial charge >= 0.3 is 0 Å². The van der Waals surface area contributed by atoms with E-state index >= 15 is 0 Å². The predicted octanol–water partition coefficient (Wildman–Crippen LogP) is 11.6. The van der Waals surface area contributed by atoms with Crippen LogP contribution in [0.5, 0.6) is 0 Å². The highest BCUT2D eigenvalue weighted by molar-refractivity contribution is 9.10. The Kier molecular flexibility index (Phi) is 11.4. The Morgan fingerprint density at radius 3 is 0.742 bits per heavy atom. The quantitative estimate of drug-likeness (QED) is 0.0728. The average Bonchev–Trinajstić information content (AvgIpc) is 3.38. The van der Waals surface area contributed by atoms with Gasteiger partial charge in [-0.05, 0) is 110 Å². The number of fused-ring (bicyclic) bond motifs is 2. The minimum absolute atomic E-state index is 1.05. The second kappa shape index (κ2) is 18.0. The summed E-state index contributed by atoms with van der Waals surface area (Å²) in [5.74, 6) is 0. The van der Waals surface area contributed by atoms with Gasteiger partial charge in [-0.15, -0.1) is 0 Å². The normalized spacial score (nSPS) is 11.8. The molecule has 0 fully saturated rings. The third kappa shape index (κ3) is 7.17. The van der Waals surface area contributed by atoms with Gasteiger partial charge in [0.15, 0.2) is 16.1 Å². The van der Waals surface area contributed by atoms with E-state index in [1.807, 2.05) is 0 Å². The number of halogens is 2. The van der Waals surface area contributed by atoms with Gasteiger partial charge in [-0.3, -0.25) is 0 Å². The first-order chi connectivity index (χ1) is 32.6. The van der Waals surface area contributed by atoms with E-state index in [9.17, 15) is 0 Å². The third-order valence-corrected chi connectivity index (χ3v) is 24.0. The van der Waals surface area contributed by atoms with Crippen molar-refractivity contribution in [3.8, 4) is 22.3 Å². The summed E-state index contributed by atoms with van der Waals surface area (Å²) in [6.45, 7) is 0. The van der Waals surface area contributed by atoms with Crippen molar-refractivity contribution in [3.05, 3.63) is 276 Å². The number of hydrogen-bond donors (Lipinski definition) is 0. The molecule has 0 radical (unpaired) electrons. The van der Waals surface area contributed by atoms with Crippen LogP contribution in [0, 0.1) is 0 Å². The first-order valence-corrected chi connectivity index (χ1v) is 28.0. The summed E-state index contributed by atoms with van der Waals surface area (Å²) in [6, 6.07) is 99.9. The van der Waals surface area contributed by atoms with Crippen molar-refractivity contribution in [2.24, 2.45) is 0 Å². The lowest BCUT2D eigenvalue weighted by Crippen LogP contribution is -2.74. The Morgan fingerprint density at radius 1 is 0.212 bits per heavy atom. The molecule has 0 spiro atoms. The molecule has 11 rings (SSSR count). The molecule has 4 heteroatoms. The minimum atomic E-state index is -2.80. The predicted molar refractivity (Wildman–Crippen MR) is 295 cm³/mol. The zero-order valence-corrected chi connectivity index (χ0v) is 41.3. The first kappa shape index (κ1) is 42.0. The summed E-state index contributed by atoms with van der Waals surface area (Å²) in [7, 11) is -5.61. The lowest BCUT2D eigenvalue weighted by Gasteiger charge is -2.35. The summed E-state index contributed by atoms with van der Waals surface area (Å²) in [4.78, 5) is 0. The van der Waals surface area contributed by atoms with Crippen LogP contribution < -0.4 is 41.5 Å². The van der Waals surface area contributed by atoms with Crippen LogP contribution in [-0.2, 0) is 0 Å². The van der Waals surface area contributed by atoms with E-state index in [2.05, 4.69) is 299 Å². The maximum absolute atomic E-state index is 3.95. The van der Waals surface area contributed by atoms with Gasteiger partial charge in [-0.25, -0.2) is 0 Å². The Hall–Kier alpha value is -6.67. The van der Waals surface area contributed by atoms with Crippen LogP contribution in [0.3, 0.4) is 0 Å². The molecule has 314 valence electrons. The Bertz CT molecular complexity index is 3040. The monoisotopic (exact) mass is 1000 g/mol. The lowest BCUT2D eigenvalue weighted by molar-refractivity contribution is 1.63. The van der Waals surface area contributed by atoms with E-state index in [0.717, 1.165) is 8.95 Å². The molecule has 11 aromatic rings. The fourth-order valence-electron chi connectivity index (χ4n) is 10.7. The third-order valence-electron chi connectivity index (χ3n) is 13.4. The van der Waals surface area contributed by atoms with Crippen LogP contribution in [0.15, 0.2) is 276 Å². The highest BCUT2D eigenvalue weighted by atomic mass is 79.9. The van der Waals surface area contributed by atoms with Crippen LogP contribution in [0.2, 0.25) is 0 Å². The van der Waals surface area contributed by atoms with Crippen LogP contribution in [0.1, 0.15) is 0 Å². The summed E-state index contributed by atoms with van der Waals surface area (Å²) in [6.07, 6.45) is 0. The van der Waals surface area contributed by atoms with Crippen molar-refractivity contribution >= 4 is 111 Å². The molecule has 0 aliphatic heterocycles. The summed E-state index contributed by atoms with van der Waals surface area (Å²) >= 11 is 7.91. The smallest absolute Gasteiger partial charge is 0.0623 e. The average molecular weight is 1010 g/mol. The van der Waals surface area contributed by atoms with Crippen molar-refractivity contribution in [1.82, 2.24) is 0 Å². The van der Waals surface area contributed by atoms with E-state index in [0.29, 0.717) is 0 Å². The second-order valence-corrected chi connectivity index (χ2v) is 26.4. The van der Waals surface area contributed by atoms with E-state index in [1.165, 1.54) is 85.3 Å². The van der Waals surface area contributed by atoms with Crippen LogP contribution >= 0.6 is 31.9 Å². The van der Waals surface area contributed by atoms with Gasteiger partial charge in [0.1, 0.15) is 0 Å². The molecule has 0 amide bonds. The number of benzene rings is 11. The molecule has 0 saturated carbocycles. The zero-order valence-electron chi connectivity index (χ0n) is 36.2. The Labute approximate surface area is 406 Å². The molecule has 66 heavy (non-hydrogen) atoms. The fraction of sp³-hybridized carbons (Fsp3) is 0. The summed E-state index contributed by atoms with van der Waals surface area (Å²) in [5.41, 5.74) is 4.86. The molecular formula is C62H44Br2Si2. The van der Waals surface area contributed by atoms with E-state index in [-0.39, 0.29) is 0 Å². The van der Waals surface area contributed by atoms with Crippen molar-refractivity contribution in [2.75, 3.05) is 0 Å². The van der Waals surface area contributed by atoms with Crippen molar-refractivity contribution in [2.45, 2.75) is 0 Å². The molecule has 11 aromatic carbocycles. The molecule has 0 nitrogen and oxygen atoms in total. The highest BCUT2D eigenvalue weighted by Crippen LogP contribution is 2.45. The van der Waals surface area contributed by atoms with Crippen LogP contribution in [-0.4, -0.2) is 16.1 Å². The zero-order chi connectivity index (χ0) is 44.5. The van der Waals surface area contributed by atoms with Gasteiger partial charge in [-0.2, -0.15) is 0 Å². The molecule has 0 N–H and O–H groups in total. The maximum Gasteiger partial charge on any atom is 0.179 e. The molecule has 0 aliphatic rings. The van der Waals surface area contributed by atoms with Gasteiger partial charge in [-0.1, -0.05) is 275 Å². The Balaban J connectivity index is 1.20. The number of rotatable bonds is 10. The van der Waals surface area contributed by atoms with Gasteiger partial charge < -0.3 is 0 Å². The van der Waals surface area contributed by atoms with Gasteiger partial charge in [0.05, 0.1) is 0 Å². The molecular weight excluding hydrogens is 961 g/mol. The standard InChI is InChI=1S/C62H44Br2Si2/c63-47-38-40-58-59(43-47)61(45-21-19-35-55(41-45)65(49-23-7-1-8-24-49,50-25-9-2-10-26-50)51-27-11-3-12-28-51)57-39-37-48(64)44-60(57)62(58)46-22-20-36-56(42-46)66(52-29-13-4-14-30-52,53-31-15-5-16-32-53)54-33-17-6-18-34-54/h1-44H. The minimum Gasteiger partial charge on any atom is -0.0623 e. The van der Waals surface area contributed by atoms with E-state index in [1.54, 1.807) is 0 Å². The van der Waals surface area contributed by atoms with Crippen LogP contribution in [0.25, 0.3) is 43.8 Å². The van der Waals surface area contributed by atoms with Gasteiger partial charge in [0.2, 0.25) is 0 Å². The maximum atomic E-state index is 3.95. The molecule has 0 aliphatic carbocycles. The van der Waals surface area contributed by atoms with Gasteiger partial charge in [0.25, 0.3) is 0 Å². The Morgan fingerprint density at radius 2 is 0.470 bits per heavy atom. The van der Waals surface area contributed by atoms with Crippen molar-refractivity contribution in [1.29, 1.82) is 0 Å². The number of hydrogen-bond acceptors (Lipinski definition) is 0. The second-order valence-electron chi connectivity index (χ2n) is 17.0. The van der Waals surface area contributed by atoms with Crippen molar-refractivity contribution < 1.29 is 0 Å². The molecule has 0 unspecified atom stereocenters. The lowest BCUT2D eigenvalue weighted by atomic mass is 9.86. The molecule has 0 heterocycles. The fourth-order valence-corrected chi connectivity index (χ4v) is 21.1. The summed E-state index contributed by atoms with van der Waals surface area (Å²) in [5, 5.41) is 15.7. The van der Waals surface area contributed by atoms with E-state index < -0.39 is 16.1 Å². The topological polar surface area (TPSA) is 0 Å². The van der Waals surface area contributed by atoms with Crippen LogP contribution in [0.4, 0.5) is 0 Å². The molecule has 0 aromatic heterocycles. The SMILES string of the molecule is Brc1ccc2c(-c3cccc([Si](c4ccccc4)(c4ccccc4)c4ccccc4)c3)c3cc(Br)ccc3c(-c3cccc([Si](c4ccccc4)(c4ccccc4)c4ccccc4)c3)c2c1. The largest absolute Gasteiger partial charge is 0.179 e. The van der Waals surface area contributed by atoms with Crippen molar-refractivity contribution in [3.63, 3.8) is 0 Å². The summed E-state index contributed by atoms with van der Waals surface area (Å²) < 4.78 is 2.10. The first-order valence-electron chi connectivity index (χ1n) is 22.5. The molecule has 0 saturated heterocycles. The highest BCUT2D eigenvalue weighted by Gasteiger charge is 2.43. The molecule has 0 atom stereocenters. The molecule has 0 bridgehead atoms.